The fourth-order valence-electron chi connectivity index (χ4n) is 1.29. The Labute approximate surface area is 88.3 Å². The molecule has 3 heteroatoms. The summed E-state index contributed by atoms with van der Waals surface area (Å²) in [6.07, 6.45) is 2.78. The number of terminal acetylenes is 1. The molecule has 0 aliphatic rings. The minimum Gasteiger partial charge on any atom is -0.320 e. The highest BCUT2D eigenvalue weighted by Gasteiger charge is 2.30. The van der Waals surface area contributed by atoms with Gasteiger partial charge in [-0.1, -0.05) is 18.1 Å². The van der Waals surface area contributed by atoms with E-state index in [1.807, 2.05) is 0 Å². The van der Waals surface area contributed by atoms with Crippen molar-refractivity contribution < 1.29 is 8.78 Å². The number of halogens is 2. The molecular weight excluding hydrogens is 196 g/mol. The third-order valence-electron chi connectivity index (χ3n) is 2.18. The van der Waals surface area contributed by atoms with E-state index in [1.165, 1.54) is 6.92 Å². The van der Waals surface area contributed by atoms with Gasteiger partial charge in [0.15, 0.2) is 0 Å². The van der Waals surface area contributed by atoms with Crippen LogP contribution in [0.1, 0.15) is 18.1 Å². The van der Waals surface area contributed by atoms with Gasteiger partial charge in [0.05, 0.1) is 5.54 Å². The topological polar surface area (TPSA) is 26.0 Å². The van der Waals surface area contributed by atoms with Crippen LogP contribution in [0.25, 0.3) is 0 Å². The first-order valence-electron chi connectivity index (χ1n) is 4.58. The molecule has 0 amide bonds. The van der Waals surface area contributed by atoms with Gasteiger partial charge in [-0.15, -0.1) is 6.42 Å². The van der Waals surface area contributed by atoms with Gasteiger partial charge in [0.1, 0.15) is 0 Å². The van der Waals surface area contributed by atoms with E-state index in [0.29, 0.717) is 5.56 Å². The molecule has 80 valence electrons. The zero-order chi connectivity index (χ0) is 11.5. The molecule has 0 fully saturated rings. The molecule has 1 aromatic rings. The van der Waals surface area contributed by atoms with Gasteiger partial charge in [0, 0.05) is 5.56 Å². The predicted octanol–water partition coefficient (Wildman–Crippen LogP) is 2.19. The maximum Gasteiger partial charge on any atom is 0.256 e. The summed E-state index contributed by atoms with van der Waals surface area (Å²) in [5.41, 5.74) is 5.39. The highest BCUT2D eigenvalue weighted by Crippen LogP contribution is 2.18. The fourth-order valence-corrected chi connectivity index (χ4v) is 1.29. The summed E-state index contributed by atoms with van der Waals surface area (Å²) in [5, 5.41) is 0. The van der Waals surface area contributed by atoms with Crippen LogP contribution in [0.15, 0.2) is 24.3 Å². The molecule has 0 aliphatic carbocycles. The maximum atomic E-state index is 12.5. The molecule has 0 aliphatic heterocycles. The van der Waals surface area contributed by atoms with Gasteiger partial charge in [0.2, 0.25) is 0 Å². The molecule has 0 spiro atoms. The summed E-state index contributed by atoms with van der Waals surface area (Å²) in [6, 6.07) is 6.94. The van der Waals surface area contributed by atoms with Gasteiger partial charge in [-0.05, 0) is 31.0 Å². The third kappa shape index (κ3) is 3.03. The van der Waals surface area contributed by atoms with Crippen molar-refractivity contribution in [2.75, 3.05) is 0 Å². The lowest BCUT2D eigenvalue weighted by Crippen LogP contribution is -2.45. The van der Waals surface area contributed by atoms with Crippen LogP contribution in [0, 0.1) is 12.3 Å². The van der Waals surface area contributed by atoms with E-state index in [2.05, 4.69) is 5.92 Å². The van der Waals surface area contributed by atoms with E-state index in [9.17, 15) is 8.78 Å². The Morgan fingerprint density at radius 3 is 2.73 bits per heavy atom. The van der Waals surface area contributed by atoms with Crippen LogP contribution in [0.3, 0.4) is 0 Å². The van der Waals surface area contributed by atoms with Gasteiger partial charge >= 0.3 is 0 Å². The molecule has 1 rings (SSSR count). The standard InChI is InChI=1S/C12H13F2N/c1-3-9-5-4-6-10(7-9)8-12(2,15)11(13)14/h1,4-7,11H,8,15H2,2H3. The van der Waals surface area contributed by atoms with E-state index < -0.39 is 12.0 Å². The lowest BCUT2D eigenvalue weighted by atomic mass is 9.93. The van der Waals surface area contributed by atoms with Gasteiger partial charge in [-0.25, -0.2) is 8.78 Å². The van der Waals surface area contributed by atoms with Crippen molar-refractivity contribution in [1.82, 2.24) is 0 Å². The second kappa shape index (κ2) is 4.41. The molecule has 0 saturated heterocycles. The minimum absolute atomic E-state index is 0.111. The molecule has 0 saturated carbocycles. The summed E-state index contributed by atoms with van der Waals surface area (Å²) in [6.45, 7) is 1.33. The quantitative estimate of drug-likeness (QED) is 0.759. The lowest BCUT2D eigenvalue weighted by molar-refractivity contribution is 0.0639. The second-order valence-electron chi connectivity index (χ2n) is 3.83. The third-order valence-corrected chi connectivity index (χ3v) is 2.18. The Balaban J connectivity index is 2.86. The van der Waals surface area contributed by atoms with Gasteiger partial charge < -0.3 is 5.73 Å². The Bertz CT molecular complexity index is 377. The first-order chi connectivity index (χ1) is 6.95. The predicted molar refractivity (Wildman–Crippen MR) is 56.7 cm³/mol. The number of nitrogens with two attached hydrogens (primary N) is 1. The van der Waals surface area contributed by atoms with Gasteiger partial charge in [0.25, 0.3) is 6.43 Å². The molecule has 0 aromatic heterocycles. The van der Waals surface area contributed by atoms with E-state index in [-0.39, 0.29) is 6.42 Å². The van der Waals surface area contributed by atoms with Crippen molar-refractivity contribution in [2.24, 2.45) is 5.73 Å². The van der Waals surface area contributed by atoms with Crippen LogP contribution in [-0.4, -0.2) is 12.0 Å². The minimum atomic E-state index is -2.55. The fraction of sp³-hybridized carbons (Fsp3) is 0.333. The normalized spacial score (nSPS) is 14.7. The van der Waals surface area contributed by atoms with Crippen molar-refractivity contribution >= 4 is 0 Å². The number of hydrogen-bond acceptors (Lipinski definition) is 1. The van der Waals surface area contributed by atoms with Crippen LogP contribution in [0.2, 0.25) is 0 Å². The maximum absolute atomic E-state index is 12.5. The molecule has 15 heavy (non-hydrogen) atoms. The Morgan fingerprint density at radius 1 is 1.53 bits per heavy atom. The zero-order valence-electron chi connectivity index (χ0n) is 8.50. The van der Waals surface area contributed by atoms with E-state index in [1.54, 1.807) is 24.3 Å². The van der Waals surface area contributed by atoms with Gasteiger partial charge in [-0.2, -0.15) is 0 Å². The van der Waals surface area contributed by atoms with E-state index in [4.69, 9.17) is 12.2 Å². The van der Waals surface area contributed by atoms with Crippen LogP contribution >= 0.6 is 0 Å². The molecular formula is C12H13F2N. The number of rotatable bonds is 3. The van der Waals surface area contributed by atoms with Crippen LogP contribution in [0.5, 0.6) is 0 Å². The van der Waals surface area contributed by atoms with Crippen molar-refractivity contribution in [3.05, 3.63) is 35.4 Å². The van der Waals surface area contributed by atoms with E-state index >= 15 is 0 Å². The number of alkyl halides is 2. The van der Waals surface area contributed by atoms with Crippen LogP contribution in [0.4, 0.5) is 8.78 Å². The summed E-state index contributed by atoms with van der Waals surface area (Å²) in [5.74, 6) is 2.45. The second-order valence-corrected chi connectivity index (χ2v) is 3.83. The lowest BCUT2D eigenvalue weighted by Gasteiger charge is -2.23. The molecule has 0 radical (unpaired) electrons. The molecule has 1 atom stereocenters. The van der Waals surface area contributed by atoms with Crippen molar-refractivity contribution in [3.8, 4) is 12.3 Å². The number of hydrogen-bond donors (Lipinski definition) is 1. The summed E-state index contributed by atoms with van der Waals surface area (Å²) >= 11 is 0. The van der Waals surface area contributed by atoms with Crippen molar-refractivity contribution in [1.29, 1.82) is 0 Å². The van der Waals surface area contributed by atoms with Crippen LogP contribution < -0.4 is 5.73 Å². The first kappa shape index (κ1) is 11.7. The van der Waals surface area contributed by atoms with Gasteiger partial charge in [-0.3, -0.25) is 0 Å². The molecule has 0 bridgehead atoms. The Kier molecular flexibility index (Phi) is 3.43. The highest BCUT2D eigenvalue weighted by molar-refractivity contribution is 5.35. The summed E-state index contributed by atoms with van der Waals surface area (Å²) in [7, 11) is 0. The van der Waals surface area contributed by atoms with E-state index in [0.717, 1.165) is 5.56 Å². The molecule has 2 N–H and O–H groups in total. The van der Waals surface area contributed by atoms with Crippen molar-refractivity contribution in [3.63, 3.8) is 0 Å². The van der Waals surface area contributed by atoms with Crippen LogP contribution in [-0.2, 0) is 6.42 Å². The molecule has 0 heterocycles. The molecule has 1 nitrogen and oxygen atoms in total. The average molecular weight is 209 g/mol. The smallest absolute Gasteiger partial charge is 0.256 e. The largest absolute Gasteiger partial charge is 0.320 e. The average Bonchev–Trinajstić information content (AvgIpc) is 2.17. The summed E-state index contributed by atoms with van der Waals surface area (Å²) < 4.78 is 25.0. The molecule has 1 aromatic carbocycles. The monoisotopic (exact) mass is 209 g/mol. The first-order valence-corrected chi connectivity index (χ1v) is 4.58. The number of benzene rings is 1. The Hall–Kier alpha value is -1.40. The SMILES string of the molecule is C#Cc1cccc(CC(C)(N)C(F)F)c1. The van der Waals surface area contributed by atoms with Crippen molar-refractivity contribution in [2.45, 2.75) is 25.3 Å². The highest BCUT2D eigenvalue weighted by atomic mass is 19.3. The Morgan fingerprint density at radius 2 is 2.20 bits per heavy atom. The molecule has 1 unspecified atom stereocenters. The summed E-state index contributed by atoms with van der Waals surface area (Å²) in [4.78, 5) is 0. The zero-order valence-corrected chi connectivity index (χ0v) is 8.50.